The van der Waals surface area contributed by atoms with E-state index in [0.29, 0.717) is 17.9 Å². The number of carbonyl (C=O) groups is 1. The van der Waals surface area contributed by atoms with Crippen molar-refractivity contribution in [3.8, 4) is 0 Å². The number of hydrogen-bond acceptors (Lipinski definition) is 2. The normalized spacial score (nSPS) is 39.2. The number of rotatable bonds is 0. The Kier molecular flexibility index (Phi) is 1.72. The smallest absolute Gasteiger partial charge is 0.134 e. The van der Waals surface area contributed by atoms with Crippen LogP contribution in [-0.2, 0) is 4.79 Å². The summed E-state index contributed by atoms with van der Waals surface area (Å²) in [7, 11) is 2.17. The molecule has 0 amide bonds. The van der Waals surface area contributed by atoms with Crippen LogP contribution in [0.2, 0.25) is 0 Å². The monoisotopic (exact) mass is 153 g/mol. The lowest BCUT2D eigenvalue weighted by Gasteiger charge is -2.21. The van der Waals surface area contributed by atoms with E-state index in [1.807, 2.05) is 0 Å². The van der Waals surface area contributed by atoms with Crippen LogP contribution in [0.1, 0.15) is 32.1 Å². The molecule has 2 aliphatic rings. The van der Waals surface area contributed by atoms with Gasteiger partial charge < -0.3 is 4.90 Å². The zero-order valence-corrected chi connectivity index (χ0v) is 7.05. The van der Waals surface area contributed by atoms with Crippen molar-refractivity contribution >= 4 is 5.78 Å². The van der Waals surface area contributed by atoms with Gasteiger partial charge in [-0.15, -0.1) is 0 Å². The predicted octanol–water partition coefficient (Wildman–Crippen LogP) is 1.20. The van der Waals surface area contributed by atoms with Crippen LogP contribution in [0.15, 0.2) is 0 Å². The molecule has 2 heteroatoms. The summed E-state index contributed by atoms with van der Waals surface area (Å²) >= 11 is 0. The number of nitrogens with zero attached hydrogens (tertiary/aromatic N) is 1. The molecule has 2 atom stereocenters. The third-order valence-electron chi connectivity index (χ3n) is 3.20. The van der Waals surface area contributed by atoms with Crippen LogP contribution in [0.5, 0.6) is 0 Å². The maximum absolute atomic E-state index is 11.2. The molecule has 0 aromatic rings. The Morgan fingerprint density at radius 3 is 2.82 bits per heavy atom. The van der Waals surface area contributed by atoms with Crippen LogP contribution in [0.4, 0.5) is 0 Å². The lowest BCUT2D eigenvalue weighted by molar-refractivity contribution is -0.119. The third kappa shape index (κ3) is 1.20. The van der Waals surface area contributed by atoms with Crippen molar-refractivity contribution in [3.05, 3.63) is 0 Å². The summed E-state index contributed by atoms with van der Waals surface area (Å²) in [6, 6.07) is 1.29. The summed E-state index contributed by atoms with van der Waals surface area (Å²) in [5.41, 5.74) is 0. The Bertz CT molecular complexity index is 178. The summed E-state index contributed by atoms with van der Waals surface area (Å²) < 4.78 is 0. The highest BCUT2D eigenvalue weighted by molar-refractivity contribution is 5.79. The number of fused-ring (bicyclic) bond motifs is 2. The van der Waals surface area contributed by atoms with Gasteiger partial charge in [0, 0.05) is 24.9 Å². The molecule has 2 unspecified atom stereocenters. The molecule has 0 aliphatic carbocycles. The Hall–Kier alpha value is -0.370. The summed E-state index contributed by atoms with van der Waals surface area (Å²) in [6.07, 6.45) is 5.30. The van der Waals surface area contributed by atoms with E-state index in [2.05, 4.69) is 11.9 Å². The van der Waals surface area contributed by atoms with E-state index in [1.165, 1.54) is 12.8 Å². The van der Waals surface area contributed by atoms with Crippen LogP contribution >= 0.6 is 0 Å². The quantitative estimate of drug-likeness (QED) is 0.521. The maximum Gasteiger partial charge on any atom is 0.134 e. The molecule has 2 saturated heterocycles. The number of ketones is 1. The van der Waals surface area contributed by atoms with Crippen molar-refractivity contribution < 1.29 is 4.79 Å². The van der Waals surface area contributed by atoms with E-state index in [0.717, 1.165) is 19.3 Å². The van der Waals surface area contributed by atoms with Crippen LogP contribution in [0.3, 0.4) is 0 Å². The number of Topliss-reactive ketones (excluding diaryl/α,β-unsaturated/α-hetero) is 1. The molecule has 0 saturated carbocycles. The van der Waals surface area contributed by atoms with E-state index in [4.69, 9.17) is 0 Å². The van der Waals surface area contributed by atoms with E-state index in [1.54, 1.807) is 0 Å². The first kappa shape index (κ1) is 7.29. The van der Waals surface area contributed by atoms with Gasteiger partial charge in [-0.2, -0.15) is 0 Å². The van der Waals surface area contributed by atoms with Crippen molar-refractivity contribution in [1.29, 1.82) is 0 Å². The SMILES string of the molecule is CN1C2CCC(=O)CC1CC2. The first-order valence-electron chi connectivity index (χ1n) is 4.51. The molecule has 2 aliphatic heterocycles. The second-order valence-corrected chi connectivity index (χ2v) is 3.83. The van der Waals surface area contributed by atoms with Crippen LogP contribution in [-0.4, -0.2) is 29.8 Å². The van der Waals surface area contributed by atoms with Crippen molar-refractivity contribution in [1.82, 2.24) is 4.90 Å². The van der Waals surface area contributed by atoms with Gasteiger partial charge in [0.15, 0.2) is 0 Å². The standard InChI is InChI=1S/C9H15NO/c1-10-7-2-3-8(10)6-9(11)5-4-7/h7-8H,2-6H2,1H3. The van der Waals surface area contributed by atoms with E-state index < -0.39 is 0 Å². The zero-order chi connectivity index (χ0) is 7.84. The fourth-order valence-electron chi connectivity index (χ4n) is 2.38. The molecule has 2 fully saturated rings. The van der Waals surface area contributed by atoms with Crippen molar-refractivity contribution in [2.45, 2.75) is 44.2 Å². The summed E-state index contributed by atoms with van der Waals surface area (Å²) in [5, 5.41) is 0. The summed E-state index contributed by atoms with van der Waals surface area (Å²) in [5.74, 6) is 0.476. The zero-order valence-electron chi connectivity index (χ0n) is 7.05. The fourth-order valence-corrected chi connectivity index (χ4v) is 2.38. The molecule has 62 valence electrons. The minimum Gasteiger partial charge on any atom is -0.300 e. The van der Waals surface area contributed by atoms with Crippen molar-refractivity contribution in [2.24, 2.45) is 0 Å². The van der Waals surface area contributed by atoms with Gasteiger partial charge in [0.2, 0.25) is 0 Å². The third-order valence-corrected chi connectivity index (χ3v) is 3.20. The van der Waals surface area contributed by atoms with Gasteiger partial charge in [0.1, 0.15) is 5.78 Å². The molecular formula is C9H15NO. The van der Waals surface area contributed by atoms with Gasteiger partial charge in [-0.05, 0) is 26.3 Å². The van der Waals surface area contributed by atoms with E-state index in [9.17, 15) is 4.79 Å². The fraction of sp³-hybridized carbons (Fsp3) is 0.889. The molecule has 0 spiro atoms. The average Bonchev–Trinajstić information content (AvgIpc) is 2.20. The first-order chi connectivity index (χ1) is 5.27. The van der Waals surface area contributed by atoms with E-state index >= 15 is 0 Å². The van der Waals surface area contributed by atoms with Gasteiger partial charge in [0.05, 0.1) is 0 Å². The van der Waals surface area contributed by atoms with Gasteiger partial charge >= 0.3 is 0 Å². The van der Waals surface area contributed by atoms with Gasteiger partial charge in [-0.25, -0.2) is 0 Å². The lowest BCUT2D eigenvalue weighted by atomic mass is 10.0. The Morgan fingerprint density at radius 2 is 2.00 bits per heavy atom. The molecule has 0 aromatic carbocycles. The molecule has 2 nitrogen and oxygen atoms in total. The maximum atomic E-state index is 11.2. The number of hydrogen-bond donors (Lipinski definition) is 0. The average molecular weight is 153 g/mol. The van der Waals surface area contributed by atoms with Gasteiger partial charge in [-0.3, -0.25) is 4.79 Å². The molecule has 2 heterocycles. The first-order valence-corrected chi connectivity index (χ1v) is 4.51. The largest absolute Gasteiger partial charge is 0.300 e. The Labute approximate surface area is 67.6 Å². The highest BCUT2D eigenvalue weighted by Gasteiger charge is 2.34. The summed E-state index contributed by atoms with van der Waals surface area (Å²) in [4.78, 5) is 13.6. The molecule has 0 N–H and O–H groups in total. The molecule has 11 heavy (non-hydrogen) atoms. The second kappa shape index (κ2) is 2.59. The molecule has 0 aromatic heterocycles. The molecule has 0 radical (unpaired) electrons. The van der Waals surface area contributed by atoms with Gasteiger partial charge in [-0.1, -0.05) is 0 Å². The molecular weight excluding hydrogens is 138 g/mol. The summed E-state index contributed by atoms with van der Waals surface area (Å²) in [6.45, 7) is 0. The lowest BCUT2D eigenvalue weighted by Crippen LogP contribution is -2.30. The second-order valence-electron chi connectivity index (χ2n) is 3.83. The highest BCUT2D eigenvalue weighted by Crippen LogP contribution is 2.30. The van der Waals surface area contributed by atoms with Crippen LogP contribution < -0.4 is 0 Å². The molecule has 2 bridgehead atoms. The van der Waals surface area contributed by atoms with Crippen LogP contribution in [0, 0.1) is 0 Å². The van der Waals surface area contributed by atoms with Gasteiger partial charge in [0.25, 0.3) is 0 Å². The molecule has 2 rings (SSSR count). The highest BCUT2D eigenvalue weighted by atomic mass is 16.1. The minimum atomic E-state index is 0.476. The van der Waals surface area contributed by atoms with Crippen LogP contribution in [0.25, 0.3) is 0 Å². The predicted molar refractivity (Wildman–Crippen MR) is 43.4 cm³/mol. The topological polar surface area (TPSA) is 20.3 Å². The number of carbonyl (C=O) groups excluding carboxylic acids is 1. The van der Waals surface area contributed by atoms with Crippen molar-refractivity contribution in [2.75, 3.05) is 7.05 Å². The minimum absolute atomic E-state index is 0.476. The Balaban J connectivity index is 2.13. The Morgan fingerprint density at radius 1 is 1.27 bits per heavy atom. The van der Waals surface area contributed by atoms with Crippen molar-refractivity contribution in [3.63, 3.8) is 0 Å². The van der Waals surface area contributed by atoms with E-state index in [-0.39, 0.29) is 0 Å².